The molecule has 0 saturated heterocycles. The van der Waals surface area contributed by atoms with Crippen molar-refractivity contribution in [3.8, 4) is 0 Å². The second-order valence-electron chi connectivity index (χ2n) is 5.16. The number of carbonyl (C=O) groups excluding carboxylic acids is 2. The molecule has 0 spiro atoms. The van der Waals surface area contributed by atoms with E-state index in [2.05, 4.69) is 20.8 Å². The molecule has 2 amide bonds. The van der Waals surface area contributed by atoms with Crippen LogP contribution in [0.25, 0.3) is 0 Å². The van der Waals surface area contributed by atoms with Crippen LogP contribution in [-0.4, -0.2) is 28.2 Å². The Kier molecular flexibility index (Phi) is 6.04. The number of nitrogens with zero attached hydrogens (tertiary/aromatic N) is 2. The van der Waals surface area contributed by atoms with Crippen molar-refractivity contribution in [2.75, 3.05) is 5.32 Å². The number of benzene rings is 1. The Bertz CT molecular complexity index is 631. The lowest BCUT2D eigenvalue weighted by atomic mass is 10.0. The summed E-state index contributed by atoms with van der Waals surface area (Å²) in [4.78, 5) is 24.1. The maximum atomic E-state index is 12.2. The zero-order valence-corrected chi connectivity index (χ0v) is 13.7. The first-order valence-corrected chi connectivity index (χ1v) is 7.98. The van der Waals surface area contributed by atoms with Crippen LogP contribution in [0.1, 0.15) is 19.4 Å². The number of amides is 2. The number of aromatic nitrogens is 2. The van der Waals surface area contributed by atoms with Crippen LogP contribution in [0.3, 0.4) is 0 Å². The molecule has 0 saturated carbocycles. The molecular formula is C15H18N4O3S. The normalized spacial score (nSPS) is 11.8. The molecule has 1 aromatic carbocycles. The van der Waals surface area contributed by atoms with Crippen LogP contribution < -0.4 is 10.6 Å². The lowest BCUT2D eigenvalue weighted by molar-refractivity contribution is -0.119. The molecule has 2 aromatic rings. The lowest BCUT2D eigenvalue weighted by Gasteiger charge is -2.20. The number of carbonyl (C=O) groups is 2. The molecular weight excluding hydrogens is 316 g/mol. The zero-order valence-electron chi connectivity index (χ0n) is 12.9. The molecule has 8 heteroatoms. The summed E-state index contributed by atoms with van der Waals surface area (Å²) in [7, 11) is 0. The van der Waals surface area contributed by atoms with Gasteiger partial charge in [-0.1, -0.05) is 55.5 Å². The van der Waals surface area contributed by atoms with Crippen molar-refractivity contribution >= 4 is 28.5 Å². The summed E-state index contributed by atoms with van der Waals surface area (Å²) < 4.78 is 5.14. The van der Waals surface area contributed by atoms with Gasteiger partial charge in [-0.3, -0.25) is 10.1 Å². The Morgan fingerprint density at radius 1 is 1.26 bits per heavy atom. The molecule has 23 heavy (non-hydrogen) atoms. The van der Waals surface area contributed by atoms with Crippen LogP contribution >= 0.6 is 11.3 Å². The van der Waals surface area contributed by atoms with Gasteiger partial charge >= 0.3 is 6.09 Å². The summed E-state index contributed by atoms with van der Waals surface area (Å²) in [6, 6.07) is 8.61. The Morgan fingerprint density at radius 2 is 2.00 bits per heavy atom. The standard InChI is InChI=1S/C15H18N4O3S/c1-10(2)12(13(20)18-14-19-16-9-23-14)17-15(21)22-8-11-6-4-3-5-7-11/h3-7,9-10,12H,8H2,1-2H3,(H,17,21)(H,18,19,20). The van der Waals surface area contributed by atoms with Gasteiger partial charge in [0.1, 0.15) is 18.2 Å². The van der Waals surface area contributed by atoms with E-state index in [0.717, 1.165) is 5.56 Å². The van der Waals surface area contributed by atoms with Crippen molar-refractivity contribution in [3.05, 3.63) is 41.4 Å². The van der Waals surface area contributed by atoms with Gasteiger partial charge in [0.15, 0.2) is 0 Å². The number of alkyl carbamates (subject to hydrolysis) is 1. The van der Waals surface area contributed by atoms with Gasteiger partial charge in [0.2, 0.25) is 11.0 Å². The van der Waals surface area contributed by atoms with E-state index in [9.17, 15) is 9.59 Å². The highest BCUT2D eigenvalue weighted by molar-refractivity contribution is 7.13. The van der Waals surface area contributed by atoms with E-state index in [1.165, 1.54) is 16.8 Å². The molecule has 0 aliphatic rings. The van der Waals surface area contributed by atoms with Crippen molar-refractivity contribution in [1.82, 2.24) is 15.5 Å². The van der Waals surface area contributed by atoms with Gasteiger partial charge in [0, 0.05) is 0 Å². The highest BCUT2D eigenvalue weighted by Gasteiger charge is 2.25. The van der Waals surface area contributed by atoms with Crippen LogP contribution in [0.5, 0.6) is 0 Å². The molecule has 0 radical (unpaired) electrons. The average Bonchev–Trinajstić information content (AvgIpc) is 3.04. The van der Waals surface area contributed by atoms with Crippen LogP contribution in [0.4, 0.5) is 9.93 Å². The number of rotatable bonds is 6. The van der Waals surface area contributed by atoms with E-state index >= 15 is 0 Å². The van der Waals surface area contributed by atoms with Crippen molar-refractivity contribution in [3.63, 3.8) is 0 Å². The largest absolute Gasteiger partial charge is 0.445 e. The molecule has 0 bridgehead atoms. The molecule has 1 unspecified atom stereocenters. The Balaban J connectivity index is 1.88. The minimum Gasteiger partial charge on any atom is -0.445 e. The van der Waals surface area contributed by atoms with E-state index in [1.807, 2.05) is 44.2 Å². The van der Waals surface area contributed by atoms with Gasteiger partial charge < -0.3 is 10.1 Å². The molecule has 0 aliphatic heterocycles. The number of hydrogen-bond acceptors (Lipinski definition) is 6. The number of anilines is 1. The number of nitrogens with one attached hydrogen (secondary N) is 2. The topological polar surface area (TPSA) is 93.2 Å². The fourth-order valence-corrected chi connectivity index (χ4v) is 2.29. The summed E-state index contributed by atoms with van der Waals surface area (Å²) in [6.07, 6.45) is -0.639. The van der Waals surface area contributed by atoms with Gasteiger partial charge in [0.05, 0.1) is 0 Å². The summed E-state index contributed by atoms with van der Waals surface area (Å²) in [6.45, 7) is 3.82. The fraction of sp³-hybridized carbons (Fsp3) is 0.333. The van der Waals surface area contributed by atoms with E-state index < -0.39 is 12.1 Å². The van der Waals surface area contributed by atoms with Crippen molar-refractivity contribution in [1.29, 1.82) is 0 Å². The van der Waals surface area contributed by atoms with Gasteiger partial charge in [-0.05, 0) is 11.5 Å². The Hall–Kier alpha value is -2.48. The first-order chi connectivity index (χ1) is 11.1. The van der Waals surface area contributed by atoms with E-state index in [4.69, 9.17) is 4.74 Å². The van der Waals surface area contributed by atoms with Crippen molar-refractivity contribution in [2.24, 2.45) is 5.92 Å². The second-order valence-corrected chi connectivity index (χ2v) is 5.99. The molecule has 1 atom stereocenters. The molecule has 7 nitrogen and oxygen atoms in total. The number of hydrogen-bond donors (Lipinski definition) is 2. The van der Waals surface area contributed by atoms with E-state index in [0.29, 0.717) is 5.13 Å². The van der Waals surface area contributed by atoms with Crippen LogP contribution in [0, 0.1) is 5.92 Å². The Labute approximate surface area is 138 Å². The van der Waals surface area contributed by atoms with E-state index in [1.54, 1.807) is 0 Å². The van der Waals surface area contributed by atoms with Gasteiger partial charge in [-0.2, -0.15) is 0 Å². The third-order valence-corrected chi connectivity index (χ3v) is 3.63. The third-order valence-electron chi connectivity index (χ3n) is 3.03. The SMILES string of the molecule is CC(C)C(NC(=O)OCc1ccccc1)C(=O)Nc1nncs1. The first-order valence-electron chi connectivity index (χ1n) is 7.10. The molecule has 122 valence electrons. The molecule has 2 rings (SSSR count). The average molecular weight is 334 g/mol. The number of ether oxygens (including phenoxy) is 1. The highest BCUT2D eigenvalue weighted by atomic mass is 32.1. The maximum Gasteiger partial charge on any atom is 0.408 e. The van der Waals surface area contributed by atoms with Crippen LogP contribution in [0.2, 0.25) is 0 Å². The minimum absolute atomic E-state index is 0.104. The molecule has 1 aromatic heterocycles. The minimum atomic E-state index is -0.720. The molecule has 2 N–H and O–H groups in total. The van der Waals surface area contributed by atoms with Crippen molar-refractivity contribution < 1.29 is 14.3 Å². The van der Waals surface area contributed by atoms with Gasteiger partial charge in [0.25, 0.3) is 0 Å². The summed E-state index contributed by atoms with van der Waals surface area (Å²) in [5, 5.41) is 13.0. The summed E-state index contributed by atoms with van der Waals surface area (Å²) in [5.74, 6) is -0.458. The quantitative estimate of drug-likeness (QED) is 0.846. The van der Waals surface area contributed by atoms with Crippen LogP contribution in [-0.2, 0) is 16.1 Å². The smallest absolute Gasteiger partial charge is 0.408 e. The first kappa shape index (κ1) is 16.9. The maximum absolute atomic E-state index is 12.2. The summed E-state index contributed by atoms with van der Waals surface area (Å²) >= 11 is 1.21. The predicted molar refractivity (Wildman–Crippen MR) is 86.9 cm³/mol. The third kappa shape index (κ3) is 5.33. The zero-order chi connectivity index (χ0) is 16.7. The van der Waals surface area contributed by atoms with Crippen molar-refractivity contribution in [2.45, 2.75) is 26.5 Å². The fourth-order valence-electron chi connectivity index (χ4n) is 1.84. The highest BCUT2D eigenvalue weighted by Crippen LogP contribution is 2.11. The second kappa shape index (κ2) is 8.23. The molecule has 0 aliphatic carbocycles. The van der Waals surface area contributed by atoms with E-state index in [-0.39, 0.29) is 18.4 Å². The molecule has 0 fully saturated rings. The molecule has 1 heterocycles. The van der Waals surface area contributed by atoms with Gasteiger partial charge in [-0.25, -0.2) is 4.79 Å². The van der Waals surface area contributed by atoms with Crippen LogP contribution in [0.15, 0.2) is 35.8 Å². The monoisotopic (exact) mass is 334 g/mol. The van der Waals surface area contributed by atoms with Gasteiger partial charge in [-0.15, -0.1) is 10.2 Å². The lowest BCUT2D eigenvalue weighted by Crippen LogP contribution is -2.47. The summed E-state index contributed by atoms with van der Waals surface area (Å²) in [5.41, 5.74) is 2.39. The Morgan fingerprint density at radius 3 is 2.61 bits per heavy atom. The predicted octanol–water partition coefficient (Wildman–Crippen LogP) is 2.43.